The highest BCUT2D eigenvalue weighted by Gasteiger charge is 2.10. The fraction of sp³-hybridized carbons (Fsp3) is 0.375. The number of carbonyl (C=O) groups is 2. The van der Waals surface area contributed by atoms with Crippen LogP contribution in [-0.4, -0.2) is 25.2 Å². The van der Waals surface area contributed by atoms with Gasteiger partial charge in [0.15, 0.2) is 0 Å². The van der Waals surface area contributed by atoms with E-state index in [4.69, 9.17) is 9.47 Å². The van der Waals surface area contributed by atoms with Gasteiger partial charge < -0.3 is 14.8 Å². The Hall–Kier alpha value is -2.30. The maximum atomic E-state index is 11.5. The van der Waals surface area contributed by atoms with Crippen LogP contribution in [0.15, 0.2) is 42.0 Å². The molecule has 0 atom stereocenters. The van der Waals surface area contributed by atoms with Crippen molar-refractivity contribution in [3.63, 3.8) is 0 Å². The lowest BCUT2D eigenvalue weighted by atomic mass is 10.2. The van der Waals surface area contributed by atoms with E-state index >= 15 is 0 Å². The van der Waals surface area contributed by atoms with Gasteiger partial charge in [0.05, 0.1) is 0 Å². The van der Waals surface area contributed by atoms with Crippen molar-refractivity contribution < 1.29 is 19.1 Å². The van der Waals surface area contributed by atoms with Crippen molar-refractivity contribution in [1.29, 1.82) is 0 Å². The minimum Gasteiger partial charge on any atom is -0.460 e. The maximum Gasteiger partial charge on any atom is 0.407 e. The van der Waals surface area contributed by atoms with Crippen molar-refractivity contribution in [3.8, 4) is 0 Å². The second kappa shape index (κ2) is 8.09. The Morgan fingerprint density at radius 1 is 1.10 bits per heavy atom. The predicted molar refractivity (Wildman–Crippen MR) is 77.5 cm³/mol. The monoisotopic (exact) mass is 289 g/mol. The van der Waals surface area contributed by atoms with E-state index in [9.17, 15) is 9.59 Å². The highest BCUT2D eigenvalue weighted by molar-refractivity contribution is 5.77. The highest BCUT2D eigenvalue weighted by Crippen LogP contribution is 2.17. The van der Waals surface area contributed by atoms with Gasteiger partial charge in [0.2, 0.25) is 0 Å². The fourth-order valence-corrected chi connectivity index (χ4v) is 2.01. The van der Waals surface area contributed by atoms with E-state index in [-0.39, 0.29) is 13.2 Å². The summed E-state index contributed by atoms with van der Waals surface area (Å²) in [4.78, 5) is 22.9. The Labute approximate surface area is 123 Å². The number of carbonyl (C=O) groups excluding carboxylic acids is 2. The molecule has 5 nitrogen and oxygen atoms in total. The van der Waals surface area contributed by atoms with Gasteiger partial charge in [-0.25, -0.2) is 4.79 Å². The number of benzene rings is 1. The third-order valence-corrected chi connectivity index (χ3v) is 3.14. The van der Waals surface area contributed by atoms with Crippen molar-refractivity contribution in [2.45, 2.75) is 25.9 Å². The van der Waals surface area contributed by atoms with Crippen LogP contribution >= 0.6 is 0 Å². The standard InChI is InChI=1S/C16H19NO4/c18-15(20-11-13-8-4-5-9-13)10-17-16(19)21-12-14-6-2-1-3-7-14/h1-3,6-8H,4-5,9-12H2,(H,17,19). The van der Waals surface area contributed by atoms with Gasteiger partial charge in [-0.1, -0.05) is 36.4 Å². The number of nitrogens with one attached hydrogen (secondary N) is 1. The molecule has 0 saturated heterocycles. The van der Waals surface area contributed by atoms with Crippen LogP contribution in [-0.2, 0) is 20.9 Å². The number of esters is 1. The normalized spacial score (nSPS) is 13.4. The molecule has 112 valence electrons. The van der Waals surface area contributed by atoms with Crippen molar-refractivity contribution >= 4 is 12.1 Å². The van der Waals surface area contributed by atoms with Crippen molar-refractivity contribution in [1.82, 2.24) is 5.32 Å². The van der Waals surface area contributed by atoms with Gasteiger partial charge in [0.1, 0.15) is 19.8 Å². The molecular formula is C16H19NO4. The Balaban J connectivity index is 1.58. The fourth-order valence-electron chi connectivity index (χ4n) is 2.01. The Morgan fingerprint density at radius 2 is 1.90 bits per heavy atom. The molecule has 5 heteroatoms. The molecule has 0 aromatic heterocycles. The summed E-state index contributed by atoms with van der Waals surface area (Å²) in [5.74, 6) is -0.459. The van der Waals surface area contributed by atoms with E-state index < -0.39 is 12.1 Å². The molecule has 2 rings (SSSR count). The van der Waals surface area contributed by atoms with Crippen LogP contribution in [0, 0.1) is 0 Å². The SMILES string of the molecule is O=C(CNC(=O)OCc1ccccc1)OCC1=CCCC1. The van der Waals surface area contributed by atoms with Crippen LogP contribution in [0.3, 0.4) is 0 Å². The molecule has 0 saturated carbocycles. The summed E-state index contributed by atoms with van der Waals surface area (Å²) in [7, 11) is 0. The second-order valence-electron chi connectivity index (χ2n) is 4.83. The van der Waals surface area contributed by atoms with E-state index in [0.717, 1.165) is 30.4 Å². The summed E-state index contributed by atoms with van der Waals surface area (Å²) in [6, 6.07) is 9.34. The number of amides is 1. The van der Waals surface area contributed by atoms with Crippen LogP contribution in [0.4, 0.5) is 4.79 Å². The summed E-state index contributed by atoms with van der Waals surface area (Å²) in [5.41, 5.74) is 2.04. The average molecular weight is 289 g/mol. The molecule has 0 radical (unpaired) electrons. The Bertz CT molecular complexity index is 510. The molecular weight excluding hydrogens is 270 g/mol. The van der Waals surface area contributed by atoms with Gasteiger partial charge in [0, 0.05) is 0 Å². The molecule has 1 aliphatic carbocycles. The first-order valence-electron chi connectivity index (χ1n) is 7.02. The number of rotatable bonds is 6. The van der Waals surface area contributed by atoms with Crippen molar-refractivity contribution in [2.75, 3.05) is 13.2 Å². The summed E-state index contributed by atoms with van der Waals surface area (Å²) in [6.07, 6.45) is 4.62. The van der Waals surface area contributed by atoms with Gasteiger partial charge in [-0.2, -0.15) is 0 Å². The molecule has 0 aliphatic heterocycles. The molecule has 1 aliphatic rings. The molecule has 0 bridgehead atoms. The lowest BCUT2D eigenvalue weighted by Gasteiger charge is -2.08. The lowest BCUT2D eigenvalue weighted by Crippen LogP contribution is -2.31. The Morgan fingerprint density at radius 3 is 2.62 bits per heavy atom. The third kappa shape index (κ3) is 5.69. The molecule has 0 fully saturated rings. The number of hydrogen-bond acceptors (Lipinski definition) is 4. The largest absolute Gasteiger partial charge is 0.460 e. The Kier molecular flexibility index (Phi) is 5.82. The van der Waals surface area contributed by atoms with E-state index in [1.807, 2.05) is 30.3 Å². The van der Waals surface area contributed by atoms with Crippen LogP contribution in [0.25, 0.3) is 0 Å². The smallest absolute Gasteiger partial charge is 0.407 e. The number of alkyl carbamates (subject to hydrolysis) is 1. The van der Waals surface area contributed by atoms with Crippen LogP contribution in [0.5, 0.6) is 0 Å². The van der Waals surface area contributed by atoms with E-state index in [1.165, 1.54) is 0 Å². The molecule has 1 aromatic rings. The first-order chi connectivity index (χ1) is 10.2. The molecule has 1 aromatic carbocycles. The summed E-state index contributed by atoms with van der Waals surface area (Å²) < 4.78 is 10.0. The van der Waals surface area contributed by atoms with Crippen molar-refractivity contribution in [2.24, 2.45) is 0 Å². The van der Waals surface area contributed by atoms with Gasteiger partial charge in [-0.05, 0) is 30.4 Å². The molecule has 0 spiro atoms. The van der Waals surface area contributed by atoms with E-state index in [0.29, 0.717) is 6.61 Å². The third-order valence-electron chi connectivity index (χ3n) is 3.14. The zero-order valence-electron chi connectivity index (χ0n) is 11.8. The summed E-state index contributed by atoms with van der Waals surface area (Å²) in [5, 5.41) is 2.37. The zero-order valence-corrected chi connectivity index (χ0v) is 11.8. The first-order valence-corrected chi connectivity index (χ1v) is 7.02. The predicted octanol–water partition coefficient (Wildman–Crippen LogP) is 2.57. The summed E-state index contributed by atoms with van der Waals surface area (Å²) in [6.45, 7) is 0.315. The van der Waals surface area contributed by atoms with E-state index in [1.54, 1.807) is 0 Å². The molecule has 21 heavy (non-hydrogen) atoms. The number of allylic oxidation sites excluding steroid dienone is 1. The minimum absolute atomic E-state index is 0.175. The van der Waals surface area contributed by atoms with Gasteiger partial charge in [-0.15, -0.1) is 0 Å². The van der Waals surface area contributed by atoms with Gasteiger partial charge >= 0.3 is 12.1 Å². The second-order valence-corrected chi connectivity index (χ2v) is 4.83. The van der Waals surface area contributed by atoms with Crippen LogP contribution < -0.4 is 5.32 Å². The molecule has 0 heterocycles. The van der Waals surface area contributed by atoms with Crippen LogP contribution in [0.2, 0.25) is 0 Å². The van der Waals surface area contributed by atoms with Crippen molar-refractivity contribution in [3.05, 3.63) is 47.5 Å². The topological polar surface area (TPSA) is 64.6 Å². The van der Waals surface area contributed by atoms with E-state index in [2.05, 4.69) is 11.4 Å². The maximum absolute atomic E-state index is 11.5. The van der Waals surface area contributed by atoms with Gasteiger partial charge in [-0.3, -0.25) is 4.79 Å². The molecule has 1 N–H and O–H groups in total. The first kappa shape index (κ1) is 15.1. The van der Waals surface area contributed by atoms with Crippen LogP contribution in [0.1, 0.15) is 24.8 Å². The lowest BCUT2D eigenvalue weighted by molar-refractivity contribution is -0.141. The highest BCUT2D eigenvalue weighted by atomic mass is 16.6. The number of ether oxygens (including phenoxy) is 2. The molecule has 0 unspecified atom stereocenters. The average Bonchev–Trinajstić information content (AvgIpc) is 3.03. The summed E-state index contributed by atoms with van der Waals surface area (Å²) >= 11 is 0. The minimum atomic E-state index is -0.629. The quantitative estimate of drug-likeness (QED) is 0.645. The number of hydrogen-bond donors (Lipinski definition) is 1. The molecule has 1 amide bonds. The van der Waals surface area contributed by atoms with Gasteiger partial charge in [0.25, 0.3) is 0 Å². The zero-order chi connectivity index (χ0) is 14.9.